The molecule has 0 fully saturated rings. The summed E-state index contributed by atoms with van der Waals surface area (Å²) in [5.41, 5.74) is 9.80. The highest BCUT2D eigenvalue weighted by Crippen LogP contribution is 2.24. The molecule has 0 atom stereocenters. The molecule has 0 spiro atoms. The molecule has 0 saturated carbocycles. The Morgan fingerprint density at radius 3 is 2.74 bits per heavy atom. The van der Waals surface area contributed by atoms with E-state index in [0.29, 0.717) is 32.3 Å². The number of anilines is 1. The van der Waals surface area contributed by atoms with Gasteiger partial charge in [0.25, 0.3) is 0 Å². The third kappa shape index (κ3) is 6.59. The van der Waals surface area contributed by atoms with Gasteiger partial charge in [-0.05, 0) is 48.9 Å². The third-order valence-corrected chi connectivity index (χ3v) is 3.90. The van der Waals surface area contributed by atoms with Crippen molar-refractivity contribution in [2.75, 3.05) is 38.3 Å². The van der Waals surface area contributed by atoms with Crippen molar-refractivity contribution in [3.8, 4) is 0 Å². The lowest BCUT2D eigenvalue weighted by Crippen LogP contribution is -2.23. The zero-order valence-electron chi connectivity index (χ0n) is 14.1. The molecule has 5 nitrogen and oxygen atoms in total. The van der Waals surface area contributed by atoms with Crippen LogP contribution < -0.4 is 11.1 Å². The van der Waals surface area contributed by atoms with Crippen LogP contribution in [-0.2, 0) is 22.3 Å². The number of guanidine groups is 1. The van der Waals surface area contributed by atoms with Gasteiger partial charge >= 0.3 is 0 Å². The zero-order valence-corrected chi connectivity index (χ0v) is 14.1. The second-order valence-electron chi connectivity index (χ2n) is 5.81. The highest BCUT2D eigenvalue weighted by atomic mass is 16.5. The number of ether oxygens (including phenoxy) is 2. The van der Waals surface area contributed by atoms with Gasteiger partial charge in [0.1, 0.15) is 0 Å². The maximum atomic E-state index is 5.91. The SMILES string of the molecule is CCCCOCCOCCN=C(N)Nc1ccc2c(c1)CCC2. The van der Waals surface area contributed by atoms with Gasteiger partial charge in [-0.3, -0.25) is 4.99 Å². The van der Waals surface area contributed by atoms with E-state index in [1.54, 1.807) is 0 Å². The van der Waals surface area contributed by atoms with Gasteiger partial charge in [0.2, 0.25) is 0 Å². The fraction of sp³-hybridized carbons (Fsp3) is 0.611. The van der Waals surface area contributed by atoms with Gasteiger partial charge < -0.3 is 20.5 Å². The van der Waals surface area contributed by atoms with E-state index in [1.807, 2.05) is 0 Å². The Labute approximate surface area is 139 Å². The standard InChI is InChI=1S/C18H29N3O2/c1-2-3-10-22-12-13-23-11-9-20-18(19)21-17-8-7-15-5-4-6-16(15)14-17/h7-8,14H,2-6,9-13H2,1H3,(H3,19,20,21). The van der Waals surface area contributed by atoms with Crippen LogP contribution in [0.3, 0.4) is 0 Å². The molecule has 0 aromatic heterocycles. The maximum Gasteiger partial charge on any atom is 0.193 e. The molecular weight excluding hydrogens is 290 g/mol. The lowest BCUT2D eigenvalue weighted by Gasteiger charge is -2.08. The first-order valence-electron chi connectivity index (χ1n) is 8.64. The van der Waals surface area contributed by atoms with Crippen LogP contribution in [0.5, 0.6) is 0 Å². The molecule has 0 amide bonds. The topological polar surface area (TPSA) is 68.9 Å². The average Bonchev–Trinajstić information content (AvgIpc) is 3.01. The summed E-state index contributed by atoms with van der Waals surface area (Å²) in [5, 5.41) is 3.14. The summed E-state index contributed by atoms with van der Waals surface area (Å²) in [6.07, 6.45) is 5.87. The van der Waals surface area contributed by atoms with Crippen molar-refractivity contribution < 1.29 is 9.47 Å². The quantitative estimate of drug-likeness (QED) is 0.395. The summed E-state index contributed by atoms with van der Waals surface area (Å²) in [6, 6.07) is 6.42. The van der Waals surface area contributed by atoms with Crippen molar-refractivity contribution in [1.82, 2.24) is 0 Å². The number of benzene rings is 1. The minimum absolute atomic E-state index is 0.436. The summed E-state index contributed by atoms with van der Waals surface area (Å²) in [7, 11) is 0. The van der Waals surface area contributed by atoms with Crippen molar-refractivity contribution in [2.24, 2.45) is 10.7 Å². The van der Waals surface area contributed by atoms with E-state index in [2.05, 4.69) is 35.4 Å². The van der Waals surface area contributed by atoms with E-state index in [0.717, 1.165) is 31.6 Å². The lowest BCUT2D eigenvalue weighted by molar-refractivity contribution is 0.0498. The Kier molecular flexibility index (Phi) is 7.90. The van der Waals surface area contributed by atoms with Crippen LogP contribution in [0.1, 0.15) is 37.3 Å². The Hall–Kier alpha value is -1.59. The molecule has 1 aliphatic rings. The predicted octanol–water partition coefficient (Wildman–Crippen LogP) is 2.74. The molecule has 0 saturated heterocycles. The van der Waals surface area contributed by atoms with Crippen LogP contribution in [-0.4, -0.2) is 38.9 Å². The van der Waals surface area contributed by atoms with E-state index in [9.17, 15) is 0 Å². The molecule has 1 aliphatic carbocycles. The number of hydrogen-bond acceptors (Lipinski definition) is 3. The molecular formula is C18H29N3O2. The number of nitrogens with one attached hydrogen (secondary N) is 1. The fourth-order valence-electron chi connectivity index (χ4n) is 2.64. The Morgan fingerprint density at radius 2 is 1.91 bits per heavy atom. The molecule has 0 bridgehead atoms. The summed E-state index contributed by atoms with van der Waals surface area (Å²) in [6.45, 7) is 5.33. The van der Waals surface area contributed by atoms with Crippen LogP contribution in [0.2, 0.25) is 0 Å². The minimum Gasteiger partial charge on any atom is -0.379 e. The second kappa shape index (κ2) is 10.2. The van der Waals surface area contributed by atoms with Crippen LogP contribution in [0.25, 0.3) is 0 Å². The molecule has 0 aliphatic heterocycles. The van der Waals surface area contributed by atoms with Crippen LogP contribution in [0, 0.1) is 0 Å². The normalized spacial score (nSPS) is 14.0. The molecule has 0 radical (unpaired) electrons. The van der Waals surface area contributed by atoms with Gasteiger partial charge in [-0.2, -0.15) is 0 Å². The van der Waals surface area contributed by atoms with Crippen LogP contribution in [0.15, 0.2) is 23.2 Å². The zero-order chi connectivity index (χ0) is 16.3. The van der Waals surface area contributed by atoms with Crippen LogP contribution >= 0.6 is 0 Å². The number of nitrogens with zero attached hydrogens (tertiary/aromatic N) is 1. The Bertz CT molecular complexity index is 503. The number of rotatable bonds is 10. The van der Waals surface area contributed by atoms with Gasteiger partial charge in [0, 0.05) is 12.3 Å². The van der Waals surface area contributed by atoms with Gasteiger partial charge in [-0.25, -0.2) is 0 Å². The predicted molar refractivity (Wildman–Crippen MR) is 95.1 cm³/mol. The number of nitrogens with two attached hydrogens (primary N) is 1. The Morgan fingerprint density at radius 1 is 1.13 bits per heavy atom. The molecule has 5 heteroatoms. The number of aryl methyl sites for hydroxylation is 2. The highest BCUT2D eigenvalue weighted by molar-refractivity contribution is 5.92. The number of unbranched alkanes of at least 4 members (excludes halogenated alkanes) is 1. The van der Waals surface area contributed by atoms with Gasteiger partial charge in [0.05, 0.1) is 26.4 Å². The number of hydrogen-bond donors (Lipinski definition) is 2. The van der Waals surface area contributed by atoms with Crippen molar-refractivity contribution in [1.29, 1.82) is 0 Å². The van der Waals surface area contributed by atoms with Gasteiger partial charge in [0.15, 0.2) is 5.96 Å². The van der Waals surface area contributed by atoms with Gasteiger partial charge in [-0.15, -0.1) is 0 Å². The maximum absolute atomic E-state index is 5.91. The minimum atomic E-state index is 0.436. The highest BCUT2D eigenvalue weighted by Gasteiger charge is 2.10. The van der Waals surface area contributed by atoms with Crippen molar-refractivity contribution >= 4 is 11.6 Å². The Balaban J connectivity index is 1.58. The smallest absolute Gasteiger partial charge is 0.193 e. The summed E-state index contributed by atoms with van der Waals surface area (Å²) in [5.74, 6) is 0.436. The van der Waals surface area contributed by atoms with Crippen molar-refractivity contribution in [2.45, 2.75) is 39.0 Å². The van der Waals surface area contributed by atoms with Crippen molar-refractivity contribution in [3.05, 3.63) is 29.3 Å². The summed E-state index contributed by atoms with van der Waals surface area (Å²) in [4.78, 5) is 4.28. The van der Waals surface area contributed by atoms with E-state index >= 15 is 0 Å². The van der Waals surface area contributed by atoms with Crippen molar-refractivity contribution in [3.63, 3.8) is 0 Å². The lowest BCUT2D eigenvalue weighted by atomic mass is 10.1. The van der Waals surface area contributed by atoms with Crippen LogP contribution in [0.4, 0.5) is 5.69 Å². The largest absolute Gasteiger partial charge is 0.379 e. The molecule has 0 heterocycles. The molecule has 2 rings (SSSR count). The molecule has 23 heavy (non-hydrogen) atoms. The molecule has 128 valence electrons. The van der Waals surface area contributed by atoms with E-state index in [1.165, 1.54) is 24.0 Å². The van der Waals surface area contributed by atoms with E-state index < -0.39 is 0 Å². The molecule has 1 aromatic carbocycles. The first-order chi connectivity index (χ1) is 11.3. The molecule has 1 aromatic rings. The summed E-state index contributed by atoms with van der Waals surface area (Å²) < 4.78 is 10.9. The monoisotopic (exact) mass is 319 g/mol. The first-order valence-corrected chi connectivity index (χ1v) is 8.64. The number of aliphatic imine (C=N–C) groups is 1. The van der Waals surface area contributed by atoms with E-state index in [-0.39, 0.29) is 0 Å². The van der Waals surface area contributed by atoms with Gasteiger partial charge in [-0.1, -0.05) is 19.4 Å². The number of fused-ring (bicyclic) bond motifs is 1. The fourth-order valence-corrected chi connectivity index (χ4v) is 2.64. The molecule has 3 N–H and O–H groups in total. The first kappa shape index (κ1) is 17.8. The summed E-state index contributed by atoms with van der Waals surface area (Å²) >= 11 is 0. The van der Waals surface area contributed by atoms with E-state index in [4.69, 9.17) is 15.2 Å². The average molecular weight is 319 g/mol. The second-order valence-corrected chi connectivity index (χ2v) is 5.81. The molecule has 0 unspecified atom stereocenters. The third-order valence-electron chi connectivity index (χ3n) is 3.90.